The lowest BCUT2D eigenvalue weighted by atomic mass is 10.1. The Morgan fingerprint density at radius 3 is 2.52 bits per heavy atom. The standard InChI is InChI=1S/C21H23N5O3/c1-28-15-9-14(10-16(11-15)29-2)13-26-7-3-17-18(4-8-26)24-20(25-21(17)27)19-12-22-5-6-23-19/h5-6,9-12H,3-4,7-8,13H2,1-2H3,(H,24,25,27). The number of aromatic amines is 1. The van der Waals surface area contributed by atoms with Crippen LogP contribution in [0.4, 0.5) is 0 Å². The molecule has 0 saturated carbocycles. The number of fused-ring (bicyclic) bond motifs is 1. The average Bonchev–Trinajstić information content (AvgIpc) is 2.96. The summed E-state index contributed by atoms with van der Waals surface area (Å²) in [5, 5.41) is 0. The van der Waals surface area contributed by atoms with E-state index in [1.807, 2.05) is 18.2 Å². The third kappa shape index (κ3) is 4.27. The highest BCUT2D eigenvalue weighted by atomic mass is 16.5. The predicted molar refractivity (Wildman–Crippen MR) is 108 cm³/mol. The van der Waals surface area contributed by atoms with Crippen LogP contribution in [-0.4, -0.2) is 52.1 Å². The van der Waals surface area contributed by atoms with Crippen LogP contribution in [0.3, 0.4) is 0 Å². The first-order valence-electron chi connectivity index (χ1n) is 9.49. The second-order valence-electron chi connectivity index (χ2n) is 6.93. The molecule has 29 heavy (non-hydrogen) atoms. The molecule has 4 rings (SSSR count). The third-order valence-corrected chi connectivity index (χ3v) is 5.07. The van der Waals surface area contributed by atoms with Crippen molar-refractivity contribution in [1.82, 2.24) is 24.8 Å². The van der Waals surface area contributed by atoms with E-state index < -0.39 is 0 Å². The zero-order valence-corrected chi connectivity index (χ0v) is 16.5. The van der Waals surface area contributed by atoms with Crippen molar-refractivity contribution in [2.45, 2.75) is 19.4 Å². The molecule has 0 aliphatic carbocycles. The fourth-order valence-electron chi connectivity index (χ4n) is 3.57. The van der Waals surface area contributed by atoms with Gasteiger partial charge in [0.2, 0.25) is 0 Å². The number of benzene rings is 1. The Kier molecular flexibility index (Phi) is 5.53. The molecule has 8 heteroatoms. The number of H-pyrrole nitrogens is 1. The molecule has 0 amide bonds. The summed E-state index contributed by atoms with van der Waals surface area (Å²) >= 11 is 0. The van der Waals surface area contributed by atoms with Crippen LogP contribution in [0.25, 0.3) is 11.5 Å². The van der Waals surface area contributed by atoms with E-state index in [4.69, 9.17) is 9.47 Å². The zero-order chi connectivity index (χ0) is 20.2. The van der Waals surface area contributed by atoms with E-state index in [9.17, 15) is 4.79 Å². The summed E-state index contributed by atoms with van der Waals surface area (Å²) in [4.78, 5) is 30.8. The highest BCUT2D eigenvalue weighted by Gasteiger charge is 2.20. The van der Waals surface area contributed by atoms with Gasteiger partial charge in [0.15, 0.2) is 5.82 Å². The molecule has 3 heterocycles. The van der Waals surface area contributed by atoms with Crippen molar-refractivity contribution >= 4 is 0 Å². The first-order valence-corrected chi connectivity index (χ1v) is 9.49. The Morgan fingerprint density at radius 2 is 1.83 bits per heavy atom. The lowest BCUT2D eigenvalue weighted by Gasteiger charge is -2.20. The molecule has 0 atom stereocenters. The molecule has 1 aliphatic heterocycles. The number of methoxy groups -OCH3 is 2. The van der Waals surface area contributed by atoms with E-state index in [2.05, 4.69) is 24.8 Å². The molecule has 0 bridgehead atoms. The van der Waals surface area contributed by atoms with E-state index in [-0.39, 0.29) is 5.56 Å². The van der Waals surface area contributed by atoms with Crippen LogP contribution in [-0.2, 0) is 19.4 Å². The second-order valence-corrected chi connectivity index (χ2v) is 6.93. The minimum absolute atomic E-state index is 0.0967. The first kappa shape index (κ1) is 19.1. The fourth-order valence-corrected chi connectivity index (χ4v) is 3.57. The first-order chi connectivity index (χ1) is 14.2. The number of rotatable bonds is 5. The van der Waals surface area contributed by atoms with Crippen molar-refractivity contribution in [3.05, 3.63) is 64.0 Å². The van der Waals surface area contributed by atoms with E-state index in [0.29, 0.717) is 24.4 Å². The Bertz CT molecular complexity index is 1030. The van der Waals surface area contributed by atoms with E-state index in [1.165, 1.54) is 0 Å². The van der Waals surface area contributed by atoms with Gasteiger partial charge in [0.25, 0.3) is 5.56 Å². The Labute approximate surface area is 168 Å². The highest BCUT2D eigenvalue weighted by Crippen LogP contribution is 2.24. The summed E-state index contributed by atoms with van der Waals surface area (Å²) in [5.41, 5.74) is 3.16. The molecule has 2 aromatic heterocycles. The largest absolute Gasteiger partial charge is 0.497 e. The number of nitrogens with zero attached hydrogens (tertiary/aromatic N) is 4. The van der Waals surface area contributed by atoms with Gasteiger partial charge < -0.3 is 14.5 Å². The Morgan fingerprint density at radius 1 is 1.07 bits per heavy atom. The van der Waals surface area contributed by atoms with E-state index in [1.54, 1.807) is 32.8 Å². The fraction of sp³-hybridized carbons (Fsp3) is 0.333. The Hall–Kier alpha value is -3.26. The van der Waals surface area contributed by atoms with Crippen molar-refractivity contribution in [2.75, 3.05) is 27.3 Å². The molecule has 3 aromatic rings. The van der Waals surface area contributed by atoms with Gasteiger partial charge in [-0.15, -0.1) is 0 Å². The molecule has 0 spiro atoms. The average molecular weight is 393 g/mol. The smallest absolute Gasteiger partial charge is 0.254 e. The maximum Gasteiger partial charge on any atom is 0.254 e. The van der Waals surface area contributed by atoms with Gasteiger partial charge in [0.05, 0.1) is 26.1 Å². The van der Waals surface area contributed by atoms with Crippen LogP contribution in [0.5, 0.6) is 11.5 Å². The molecular weight excluding hydrogens is 370 g/mol. The van der Waals surface area contributed by atoms with Crippen molar-refractivity contribution in [3.63, 3.8) is 0 Å². The van der Waals surface area contributed by atoms with Crippen molar-refractivity contribution in [1.29, 1.82) is 0 Å². The molecule has 1 aliphatic rings. The van der Waals surface area contributed by atoms with E-state index >= 15 is 0 Å². The van der Waals surface area contributed by atoms with E-state index in [0.717, 1.165) is 48.0 Å². The number of hydrogen-bond donors (Lipinski definition) is 1. The molecule has 1 N–H and O–H groups in total. The van der Waals surface area contributed by atoms with Gasteiger partial charge in [-0.25, -0.2) is 9.97 Å². The highest BCUT2D eigenvalue weighted by molar-refractivity contribution is 5.47. The maximum atomic E-state index is 12.6. The number of ether oxygens (including phenoxy) is 2. The summed E-state index contributed by atoms with van der Waals surface area (Å²) in [6.07, 6.45) is 6.14. The molecular formula is C21H23N5O3. The topological polar surface area (TPSA) is 93.2 Å². The monoisotopic (exact) mass is 393 g/mol. The zero-order valence-electron chi connectivity index (χ0n) is 16.5. The second kappa shape index (κ2) is 8.40. The summed E-state index contributed by atoms with van der Waals surface area (Å²) in [6, 6.07) is 5.88. The Balaban J connectivity index is 1.54. The van der Waals surface area contributed by atoms with Crippen LogP contribution in [0.15, 0.2) is 41.6 Å². The van der Waals surface area contributed by atoms with Crippen LogP contribution < -0.4 is 15.0 Å². The van der Waals surface area contributed by atoms with Gasteiger partial charge in [0.1, 0.15) is 17.2 Å². The maximum absolute atomic E-state index is 12.6. The quantitative estimate of drug-likeness (QED) is 0.707. The molecule has 150 valence electrons. The molecule has 1 aromatic carbocycles. The molecule has 0 unspecified atom stereocenters. The minimum atomic E-state index is -0.0967. The number of aromatic nitrogens is 4. The van der Waals surface area contributed by atoms with Crippen LogP contribution in [0.2, 0.25) is 0 Å². The lowest BCUT2D eigenvalue weighted by Crippen LogP contribution is -2.26. The number of hydrogen-bond acceptors (Lipinski definition) is 7. The van der Waals surface area contributed by atoms with Gasteiger partial charge in [-0.1, -0.05) is 0 Å². The van der Waals surface area contributed by atoms with Gasteiger partial charge in [-0.2, -0.15) is 0 Å². The summed E-state index contributed by atoms with van der Waals surface area (Å²) in [5.74, 6) is 2.00. The van der Waals surface area contributed by atoms with Crippen LogP contribution in [0, 0.1) is 0 Å². The molecule has 0 saturated heterocycles. The minimum Gasteiger partial charge on any atom is -0.497 e. The summed E-state index contributed by atoms with van der Waals surface area (Å²) in [7, 11) is 3.29. The van der Waals surface area contributed by atoms with Crippen molar-refractivity contribution in [3.8, 4) is 23.0 Å². The molecule has 8 nitrogen and oxygen atoms in total. The lowest BCUT2D eigenvalue weighted by molar-refractivity contribution is 0.277. The normalized spacial score (nSPS) is 14.1. The summed E-state index contributed by atoms with van der Waals surface area (Å²) < 4.78 is 10.7. The van der Waals surface area contributed by atoms with Crippen LogP contribution in [0.1, 0.15) is 16.8 Å². The van der Waals surface area contributed by atoms with Crippen molar-refractivity contribution < 1.29 is 9.47 Å². The van der Waals surface area contributed by atoms with Gasteiger partial charge in [-0.3, -0.25) is 14.7 Å². The predicted octanol–water partition coefficient (Wildman–Crippen LogP) is 1.84. The SMILES string of the molecule is COc1cc(CN2CCc3nc(-c4cnccn4)[nH]c(=O)c3CC2)cc(OC)c1. The third-order valence-electron chi connectivity index (χ3n) is 5.07. The summed E-state index contributed by atoms with van der Waals surface area (Å²) in [6.45, 7) is 2.33. The van der Waals surface area contributed by atoms with Gasteiger partial charge >= 0.3 is 0 Å². The van der Waals surface area contributed by atoms with Gasteiger partial charge in [0, 0.05) is 50.1 Å². The van der Waals surface area contributed by atoms with Crippen molar-refractivity contribution in [2.24, 2.45) is 0 Å². The molecule has 0 radical (unpaired) electrons. The van der Waals surface area contributed by atoms with Crippen LogP contribution >= 0.6 is 0 Å². The number of nitrogens with one attached hydrogen (secondary N) is 1. The van der Waals surface area contributed by atoms with Gasteiger partial charge in [-0.05, 0) is 24.1 Å². The molecule has 0 fully saturated rings.